The van der Waals surface area contributed by atoms with Crippen molar-refractivity contribution in [1.29, 1.82) is 0 Å². The Hall–Kier alpha value is -2.15. The molecule has 0 radical (unpaired) electrons. The average molecular weight is 466 g/mol. The summed E-state index contributed by atoms with van der Waals surface area (Å²) in [6.07, 6.45) is 4.07. The first-order valence-electron chi connectivity index (χ1n) is 11.4. The lowest BCUT2D eigenvalue weighted by Gasteiger charge is -2.36. The standard InChI is InChI=1S/C26H28FN3S2/c1-2-6-19-17-31-26-24(19)25(29-22-9-3-4-10-23(22)32-26)30-14-13-28-21(16-30)12-11-18-7-5-8-20(27)15-18/h3-5,7-10,15,17,21,28H,2,6,11-14,16H2,1H3. The van der Waals surface area contributed by atoms with Gasteiger partial charge in [0.25, 0.3) is 0 Å². The van der Waals surface area contributed by atoms with Crippen molar-refractivity contribution >= 4 is 34.6 Å². The first-order chi connectivity index (χ1) is 15.7. The molecule has 0 bridgehead atoms. The number of aliphatic imine (C=N–C) groups is 1. The predicted octanol–water partition coefficient (Wildman–Crippen LogP) is 6.29. The van der Waals surface area contributed by atoms with Gasteiger partial charge in [-0.3, -0.25) is 0 Å². The number of para-hydroxylation sites is 1. The summed E-state index contributed by atoms with van der Waals surface area (Å²) in [5.41, 5.74) is 4.88. The van der Waals surface area contributed by atoms with Crippen molar-refractivity contribution in [3.8, 4) is 0 Å². The third-order valence-electron chi connectivity index (χ3n) is 6.10. The van der Waals surface area contributed by atoms with Gasteiger partial charge in [0.05, 0.1) is 9.90 Å². The van der Waals surface area contributed by atoms with E-state index in [0.29, 0.717) is 6.04 Å². The second-order valence-electron chi connectivity index (χ2n) is 8.44. The second kappa shape index (κ2) is 9.77. The summed E-state index contributed by atoms with van der Waals surface area (Å²) in [4.78, 5) is 8.94. The summed E-state index contributed by atoms with van der Waals surface area (Å²) in [5, 5.41) is 6.00. The summed E-state index contributed by atoms with van der Waals surface area (Å²) >= 11 is 3.70. The van der Waals surface area contributed by atoms with E-state index in [2.05, 4.69) is 46.8 Å². The zero-order valence-electron chi connectivity index (χ0n) is 18.3. The summed E-state index contributed by atoms with van der Waals surface area (Å²) in [5.74, 6) is 0.970. The molecule has 2 aromatic carbocycles. The summed E-state index contributed by atoms with van der Waals surface area (Å²) in [6.45, 7) is 5.04. The zero-order valence-corrected chi connectivity index (χ0v) is 19.9. The fourth-order valence-electron chi connectivity index (χ4n) is 4.52. The van der Waals surface area contributed by atoms with Crippen molar-refractivity contribution in [1.82, 2.24) is 10.2 Å². The number of benzene rings is 2. The average Bonchev–Trinajstić information content (AvgIpc) is 3.10. The number of piperazine rings is 1. The van der Waals surface area contributed by atoms with Gasteiger partial charge >= 0.3 is 0 Å². The Morgan fingerprint density at radius 2 is 2.06 bits per heavy atom. The fraction of sp³-hybridized carbons (Fsp3) is 0.346. The summed E-state index contributed by atoms with van der Waals surface area (Å²) < 4.78 is 14.9. The highest BCUT2D eigenvalue weighted by Gasteiger charge is 2.29. The molecule has 0 spiro atoms. The van der Waals surface area contributed by atoms with Crippen LogP contribution >= 0.6 is 23.1 Å². The van der Waals surface area contributed by atoms with Crippen LogP contribution < -0.4 is 5.32 Å². The Balaban J connectivity index is 1.42. The minimum absolute atomic E-state index is 0.154. The van der Waals surface area contributed by atoms with Gasteiger partial charge in [0.15, 0.2) is 0 Å². The van der Waals surface area contributed by atoms with Crippen LogP contribution in [-0.2, 0) is 12.8 Å². The number of hydrogen-bond acceptors (Lipinski definition) is 5. The van der Waals surface area contributed by atoms with Gasteiger partial charge in [-0.15, -0.1) is 11.3 Å². The van der Waals surface area contributed by atoms with Gasteiger partial charge in [0.2, 0.25) is 0 Å². The van der Waals surface area contributed by atoms with E-state index in [1.54, 1.807) is 12.1 Å². The van der Waals surface area contributed by atoms with Crippen LogP contribution in [0.15, 0.2) is 68.0 Å². The van der Waals surface area contributed by atoms with Crippen LogP contribution in [0.2, 0.25) is 0 Å². The Kier molecular flexibility index (Phi) is 6.62. The lowest BCUT2D eigenvalue weighted by Crippen LogP contribution is -2.53. The molecule has 32 heavy (non-hydrogen) atoms. The molecule has 2 aliphatic rings. The van der Waals surface area contributed by atoms with E-state index >= 15 is 0 Å². The molecule has 1 N–H and O–H groups in total. The molecule has 1 fully saturated rings. The number of hydrogen-bond donors (Lipinski definition) is 1. The molecular weight excluding hydrogens is 437 g/mol. The number of nitrogens with one attached hydrogen (secondary N) is 1. The van der Waals surface area contributed by atoms with Crippen molar-refractivity contribution in [2.75, 3.05) is 19.6 Å². The smallest absolute Gasteiger partial charge is 0.138 e. The molecule has 0 aliphatic carbocycles. The summed E-state index contributed by atoms with van der Waals surface area (Å²) in [6, 6.07) is 15.8. The van der Waals surface area contributed by atoms with Crippen LogP contribution in [0.1, 0.15) is 36.5 Å². The Labute approximate surface area is 197 Å². The van der Waals surface area contributed by atoms with Gasteiger partial charge < -0.3 is 10.2 Å². The number of rotatable bonds is 5. The van der Waals surface area contributed by atoms with Gasteiger partial charge in [0, 0.05) is 36.1 Å². The monoisotopic (exact) mass is 465 g/mol. The second-order valence-corrected chi connectivity index (χ2v) is 10.6. The maximum atomic E-state index is 13.6. The first kappa shape index (κ1) is 21.7. The minimum atomic E-state index is -0.154. The zero-order chi connectivity index (χ0) is 21.9. The SMILES string of the molecule is CCCc1csc2c1C(N1CCNC(CCc3cccc(F)c3)C1)=Nc1ccccc1S2. The maximum absolute atomic E-state index is 13.6. The van der Waals surface area contributed by atoms with Crippen LogP contribution in [0.25, 0.3) is 0 Å². The largest absolute Gasteiger partial charge is 0.353 e. The Morgan fingerprint density at radius 1 is 1.16 bits per heavy atom. The molecule has 5 rings (SSSR count). The number of nitrogens with zero attached hydrogens (tertiary/aromatic N) is 2. The van der Waals surface area contributed by atoms with Crippen molar-refractivity contribution in [2.45, 2.75) is 47.8 Å². The first-order valence-corrected chi connectivity index (χ1v) is 13.1. The van der Waals surface area contributed by atoms with E-state index in [0.717, 1.165) is 62.4 Å². The number of halogens is 1. The molecular formula is C26H28FN3S2. The highest BCUT2D eigenvalue weighted by molar-refractivity contribution is 8.01. The third kappa shape index (κ3) is 4.63. The van der Waals surface area contributed by atoms with Crippen molar-refractivity contribution in [3.63, 3.8) is 0 Å². The molecule has 3 aromatic rings. The third-order valence-corrected chi connectivity index (χ3v) is 8.41. The van der Waals surface area contributed by atoms with E-state index in [-0.39, 0.29) is 5.82 Å². The lowest BCUT2D eigenvalue weighted by atomic mass is 10.0. The number of amidine groups is 1. The quantitative estimate of drug-likeness (QED) is 0.480. The van der Waals surface area contributed by atoms with Crippen LogP contribution in [-0.4, -0.2) is 36.4 Å². The number of aryl methyl sites for hydroxylation is 2. The van der Waals surface area contributed by atoms with Crippen LogP contribution in [0.5, 0.6) is 0 Å². The van der Waals surface area contributed by atoms with Crippen molar-refractivity contribution in [2.24, 2.45) is 4.99 Å². The lowest BCUT2D eigenvalue weighted by molar-refractivity contribution is 0.282. The van der Waals surface area contributed by atoms with Gasteiger partial charge in [-0.1, -0.05) is 49.4 Å². The van der Waals surface area contributed by atoms with Crippen LogP contribution in [0.4, 0.5) is 10.1 Å². The van der Waals surface area contributed by atoms with E-state index in [9.17, 15) is 4.39 Å². The Morgan fingerprint density at radius 3 is 2.94 bits per heavy atom. The minimum Gasteiger partial charge on any atom is -0.353 e. The number of thiophene rings is 1. The number of fused-ring (bicyclic) bond motifs is 2. The van der Waals surface area contributed by atoms with Gasteiger partial charge in [-0.05, 0) is 60.0 Å². The van der Waals surface area contributed by atoms with Crippen LogP contribution in [0.3, 0.4) is 0 Å². The normalized spacial score (nSPS) is 18.0. The van der Waals surface area contributed by atoms with E-state index in [1.807, 2.05) is 29.2 Å². The maximum Gasteiger partial charge on any atom is 0.138 e. The van der Waals surface area contributed by atoms with E-state index in [1.165, 1.54) is 26.3 Å². The molecule has 2 aliphatic heterocycles. The molecule has 1 unspecified atom stereocenters. The Bertz CT molecular complexity index is 1120. The molecule has 6 heteroatoms. The van der Waals surface area contributed by atoms with Crippen molar-refractivity contribution in [3.05, 3.63) is 76.4 Å². The predicted molar refractivity (Wildman–Crippen MR) is 133 cm³/mol. The van der Waals surface area contributed by atoms with Gasteiger partial charge in [0.1, 0.15) is 11.7 Å². The molecule has 0 amide bonds. The van der Waals surface area contributed by atoms with Crippen LogP contribution in [0, 0.1) is 5.82 Å². The molecule has 1 aromatic heterocycles. The van der Waals surface area contributed by atoms with E-state index in [4.69, 9.17) is 4.99 Å². The molecule has 1 atom stereocenters. The molecule has 166 valence electrons. The summed E-state index contributed by atoms with van der Waals surface area (Å²) in [7, 11) is 0. The molecule has 1 saturated heterocycles. The highest BCUT2D eigenvalue weighted by Crippen LogP contribution is 2.45. The topological polar surface area (TPSA) is 27.6 Å². The fourth-order valence-corrected chi connectivity index (χ4v) is 6.84. The van der Waals surface area contributed by atoms with E-state index < -0.39 is 0 Å². The molecule has 3 heterocycles. The molecule has 0 saturated carbocycles. The highest BCUT2D eigenvalue weighted by atomic mass is 32.2. The van der Waals surface area contributed by atoms with Gasteiger partial charge in [-0.2, -0.15) is 0 Å². The van der Waals surface area contributed by atoms with Gasteiger partial charge in [-0.25, -0.2) is 9.38 Å². The molecule has 3 nitrogen and oxygen atoms in total. The van der Waals surface area contributed by atoms with Crippen molar-refractivity contribution < 1.29 is 4.39 Å².